The largest absolute Gasteiger partial charge is 0.504 e. The summed E-state index contributed by atoms with van der Waals surface area (Å²) in [6.07, 6.45) is 4.34. The number of nitrogens with two attached hydrogens (primary N) is 1. The molecule has 3 aromatic rings. The molecule has 5 N–H and O–H groups in total. The molecule has 1 aromatic heterocycles. The molecule has 8 heteroatoms. The average Bonchev–Trinajstić information content (AvgIpc) is 3.25. The van der Waals surface area contributed by atoms with Crippen molar-refractivity contribution in [2.45, 2.75) is 70.3 Å². The van der Waals surface area contributed by atoms with Crippen LogP contribution in [0.15, 0.2) is 60.8 Å². The second-order valence-corrected chi connectivity index (χ2v) is 13.2. The number of aromatic nitrogens is 1. The van der Waals surface area contributed by atoms with Gasteiger partial charge < -0.3 is 25.8 Å². The molecule has 0 spiro atoms. The highest BCUT2D eigenvalue weighted by molar-refractivity contribution is 6.06. The first kappa shape index (κ1) is 34.2. The molecule has 1 saturated carbocycles. The molecule has 0 aliphatic heterocycles. The van der Waals surface area contributed by atoms with Crippen LogP contribution in [0.5, 0.6) is 11.5 Å². The van der Waals surface area contributed by atoms with Crippen molar-refractivity contribution in [3.8, 4) is 23.3 Å². The minimum atomic E-state index is -1.76. The molecule has 248 valence electrons. The van der Waals surface area contributed by atoms with E-state index < -0.39 is 35.4 Å². The fraction of sp³-hybridized carbons (Fsp3) is 0.462. The van der Waals surface area contributed by atoms with Crippen molar-refractivity contribution in [3.63, 3.8) is 0 Å². The number of rotatable bonds is 8. The maximum Gasteiger partial charge on any atom is 0.173 e. The summed E-state index contributed by atoms with van der Waals surface area (Å²) in [6.45, 7) is 2.09. The number of aryl methyl sites for hydroxylation is 1. The van der Waals surface area contributed by atoms with E-state index in [0.29, 0.717) is 25.1 Å². The molecule has 0 amide bonds. The Morgan fingerprint density at radius 1 is 1.04 bits per heavy atom. The minimum Gasteiger partial charge on any atom is -0.504 e. The van der Waals surface area contributed by atoms with Crippen LogP contribution in [0.1, 0.15) is 73.6 Å². The molecular weight excluding hydrogens is 592 g/mol. The van der Waals surface area contributed by atoms with E-state index in [2.05, 4.69) is 23.7 Å². The van der Waals surface area contributed by atoms with E-state index in [1.807, 2.05) is 42.5 Å². The number of pyridine rings is 1. The van der Waals surface area contributed by atoms with Crippen LogP contribution in [0.4, 0.5) is 5.82 Å². The van der Waals surface area contributed by atoms with Crippen molar-refractivity contribution in [2.24, 2.45) is 29.6 Å². The lowest BCUT2D eigenvalue weighted by Crippen LogP contribution is -2.39. The molecule has 2 aliphatic rings. The molecular formula is C39H46N2O6. The van der Waals surface area contributed by atoms with Crippen molar-refractivity contribution in [3.05, 3.63) is 83.0 Å². The molecule has 7 unspecified atom stereocenters. The van der Waals surface area contributed by atoms with Gasteiger partial charge in [0.25, 0.3) is 0 Å². The molecule has 2 aliphatic carbocycles. The topological polar surface area (TPSA) is 143 Å². The van der Waals surface area contributed by atoms with Crippen molar-refractivity contribution in [1.82, 2.24) is 4.98 Å². The highest BCUT2D eigenvalue weighted by Crippen LogP contribution is 2.43. The molecule has 0 bridgehead atoms. The number of Topliss-reactive ketones (excluding diaryl/α,β-unsaturated/α-hetero) is 2. The number of aliphatic hydroxyl groups excluding tert-OH is 2. The fourth-order valence-corrected chi connectivity index (χ4v) is 7.67. The lowest BCUT2D eigenvalue weighted by atomic mass is 9.75. The molecule has 8 nitrogen and oxygen atoms in total. The van der Waals surface area contributed by atoms with Crippen LogP contribution < -0.4 is 10.5 Å². The van der Waals surface area contributed by atoms with Crippen LogP contribution in [0, 0.1) is 41.4 Å². The Morgan fingerprint density at radius 2 is 1.83 bits per heavy atom. The highest BCUT2D eigenvalue weighted by Gasteiger charge is 2.42. The van der Waals surface area contributed by atoms with E-state index in [-0.39, 0.29) is 48.7 Å². The summed E-state index contributed by atoms with van der Waals surface area (Å²) >= 11 is 0. The standard InChI is InChI=1S/C39H46N2O6/c1-3-7-29(23-42)30-18-25(16-24-14-15-41-37(40)19-24)17-27-10-12-31(26-8-5-4-6-9-26)32-22-35(44)36(47-2)21-28(32)11-13-34(43)39(46)38(45)33(27)20-30/h4-6,8-9,14-15,19,21-22,25,27,29-31,33,39,42,44,46H,3,7,11,13,16-18,20,23H2,1-2H3,(H2,40,41). The molecule has 1 heterocycles. The predicted octanol–water partition coefficient (Wildman–Crippen LogP) is 5.26. The van der Waals surface area contributed by atoms with Crippen LogP contribution in [0.3, 0.4) is 0 Å². The predicted molar refractivity (Wildman–Crippen MR) is 181 cm³/mol. The summed E-state index contributed by atoms with van der Waals surface area (Å²) in [6, 6.07) is 17.0. The number of methoxy groups -OCH3 is 1. The lowest BCUT2D eigenvalue weighted by Gasteiger charge is -2.29. The summed E-state index contributed by atoms with van der Waals surface area (Å²) in [7, 11) is 1.47. The van der Waals surface area contributed by atoms with Crippen molar-refractivity contribution < 1.29 is 29.6 Å². The quantitative estimate of drug-likeness (QED) is 0.193. The van der Waals surface area contributed by atoms with Gasteiger partial charge in [0.2, 0.25) is 0 Å². The Labute approximate surface area is 277 Å². The van der Waals surface area contributed by atoms with Crippen molar-refractivity contribution in [2.75, 3.05) is 19.5 Å². The number of benzene rings is 2. The van der Waals surface area contributed by atoms with Crippen LogP contribution in [-0.2, 0) is 22.4 Å². The van der Waals surface area contributed by atoms with E-state index in [9.17, 15) is 24.9 Å². The van der Waals surface area contributed by atoms with E-state index in [4.69, 9.17) is 10.5 Å². The minimum absolute atomic E-state index is 0.00594. The smallest absolute Gasteiger partial charge is 0.173 e. The van der Waals surface area contributed by atoms with Crippen LogP contribution >= 0.6 is 0 Å². The van der Waals surface area contributed by atoms with Gasteiger partial charge in [0, 0.05) is 31.1 Å². The third kappa shape index (κ3) is 8.04. The van der Waals surface area contributed by atoms with Crippen molar-refractivity contribution >= 4 is 17.4 Å². The van der Waals surface area contributed by atoms with Gasteiger partial charge in [-0.3, -0.25) is 9.59 Å². The lowest BCUT2D eigenvalue weighted by molar-refractivity contribution is -0.142. The van der Waals surface area contributed by atoms with Gasteiger partial charge in [0.15, 0.2) is 29.2 Å². The summed E-state index contributed by atoms with van der Waals surface area (Å²) in [5.74, 6) is 5.26. The van der Waals surface area contributed by atoms with Gasteiger partial charge in [-0.1, -0.05) is 55.5 Å². The molecule has 5 rings (SSSR count). The number of fused-ring (bicyclic) bond motifs is 2. The van der Waals surface area contributed by atoms with Gasteiger partial charge >= 0.3 is 0 Å². The summed E-state index contributed by atoms with van der Waals surface area (Å²) < 4.78 is 5.39. The number of carbonyl (C=O) groups is 2. The van der Waals surface area contributed by atoms with Crippen LogP contribution in [-0.4, -0.2) is 51.7 Å². The Hall–Kier alpha value is -4.19. The molecule has 0 radical (unpaired) electrons. The van der Waals surface area contributed by atoms with Gasteiger partial charge in [-0.2, -0.15) is 0 Å². The van der Waals surface area contributed by atoms with Gasteiger partial charge in [-0.15, -0.1) is 0 Å². The number of nitrogens with zero attached hydrogens (tertiary/aromatic N) is 1. The van der Waals surface area contributed by atoms with E-state index >= 15 is 0 Å². The number of nitrogen functional groups attached to an aromatic ring is 1. The van der Waals surface area contributed by atoms with Gasteiger partial charge in [-0.25, -0.2) is 4.98 Å². The molecule has 47 heavy (non-hydrogen) atoms. The summed E-state index contributed by atoms with van der Waals surface area (Å²) in [5.41, 5.74) is 9.50. The Morgan fingerprint density at radius 3 is 2.53 bits per heavy atom. The Bertz CT molecular complexity index is 1610. The number of hydrogen-bond donors (Lipinski definition) is 4. The number of aliphatic hydroxyl groups is 2. The second-order valence-electron chi connectivity index (χ2n) is 13.2. The zero-order valence-electron chi connectivity index (χ0n) is 27.3. The average molecular weight is 639 g/mol. The number of ketones is 2. The zero-order valence-corrected chi connectivity index (χ0v) is 27.3. The number of aromatic hydroxyl groups is 1. The van der Waals surface area contributed by atoms with Gasteiger partial charge in [-0.05, 0) is 103 Å². The number of anilines is 1. The maximum absolute atomic E-state index is 14.1. The molecule has 1 fully saturated rings. The third-order valence-electron chi connectivity index (χ3n) is 10.1. The van der Waals surface area contributed by atoms with Crippen molar-refractivity contribution in [1.29, 1.82) is 0 Å². The Kier molecular flexibility index (Phi) is 11.3. The van der Waals surface area contributed by atoms with Gasteiger partial charge in [0.1, 0.15) is 5.82 Å². The number of ether oxygens (including phenoxy) is 1. The number of phenolic OH excluding ortho intramolecular Hbond substituents is 1. The Balaban J connectivity index is 1.66. The van der Waals surface area contributed by atoms with E-state index in [0.717, 1.165) is 41.5 Å². The van der Waals surface area contributed by atoms with Gasteiger partial charge in [0.05, 0.1) is 13.0 Å². The highest BCUT2D eigenvalue weighted by atomic mass is 16.5. The number of carbonyl (C=O) groups excluding carboxylic acids is 2. The first-order valence-electron chi connectivity index (χ1n) is 16.7. The molecule has 0 saturated heterocycles. The van der Waals surface area contributed by atoms with Crippen LogP contribution in [0.25, 0.3) is 0 Å². The maximum atomic E-state index is 14.1. The summed E-state index contributed by atoms with van der Waals surface area (Å²) in [5, 5.41) is 32.5. The number of phenols is 1. The van der Waals surface area contributed by atoms with Crippen LogP contribution in [0.2, 0.25) is 0 Å². The number of hydrogen-bond acceptors (Lipinski definition) is 8. The molecule has 2 aromatic carbocycles. The monoisotopic (exact) mass is 638 g/mol. The molecule has 7 atom stereocenters. The first-order valence-corrected chi connectivity index (χ1v) is 16.7. The van der Waals surface area contributed by atoms with E-state index in [1.54, 1.807) is 18.3 Å². The summed E-state index contributed by atoms with van der Waals surface area (Å²) in [4.78, 5) is 31.7. The SMILES string of the molecule is CCCC(CO)C1CC(Cc2ccnc(N)c2)CC2C#CC(c3ccccc3)c3cc(O)c(OC)cc3CCC(=O)C(O)C(=O)C2C1. The normalized spacial score (nSPS) is 25.5. The zero-order chi connectivity index (χ0) is 33.5. The fourth-order valence-electron chi connectivity index (χ4n) is 7.67. The first-order chi connectivity index (χ1) is 22.7. The van der Waals surface area contributed by atoms with E-state index in [1.165, 1.54) is 7.11 Å². The third-order valence-corrected chi connectivity index (χ3v) is 10.1. The second kappa shape index (κ2) is 15.6.